The lowest BCUT2D eigenvalue weighted by Gasteiger charge is -2.20. The number of carboxylic acid groups (broad SMARTS) is 1. The van der Waals surface area contributed by atoms with Gasteiger partial charge < -0.3 is 28.1 Å². The van der Waals surface area contributed by atoms with E-state index >= 15 is 0 Å². The van der Waals surface area contributed by atoms with Crippen molar-refractivity contribution in [2.45, 2.75) is 31.3 Å². The molecule has 42 heavy (non-hydrogen) atoms. The standard InChI is InChI=1S/C26H22Cl2FN3O8S2/c1-14-21(40-26(36)38-14)13-37-25(35)32(12-23(33)34)7-2-3-15-9-16(27)4-5-19(15)39-20-11-18(29)22(10-17(20)28)42-31-24-30-6-8-41-24/h4-6,8-11H,2-3,7,12-13H2,1H3,(H,30,31)(H,33,34). The van der Waals surface area contributed by atoms with E-state index in [-0.39, 0.29) is 33.7 Å². The van der Waals surface area contributed by atoms with Gasteiger partial charge in [-0.15, -0.1) is 11.3 Å². The van der Waals surface area contributed by atoms with Crippen LogP contribution in [0.25, 0.3) is 0 Å². The number of aryl methyl sites for hydroxylation is 2. The Morgan fingerprint density at radius 1 is 1.21 bits per heavy atom. The first-order chi connectivity index (χ1) is 20.1. The van der Waals surface area contributed by atoms with Crippen LogP contribution in [0, 0.1) is 12.7 Å². The van der Waals surface area contributed by atoms with Gasteiger partial charge in [0.1, 0.15) is 23.9 Å². The van der Waals surface area contributed by atoms with Crippen LogP contribution < -0.4 is 15.3 Å². The molecule has 2 N–H and O–H groups in total. The van der Waals surface area contributed by atoms with Gasteiger partial charge >= 0.3 is 17.9 Å². The minimum atomic E-state index is -1.25. The van der Waals surface area contributed by atoms with Gasteiger partial charge in [-0.2, -0.15) is 0 Å². The summed E-state index contributed by atoms with van der Waals surface area (Å²) >= 11 is 15.0. The third-order valence-corrected chi connectivity index (χ3v) is 7.71. The molecule has 16 heteroatoms. The van der Waals surface area contributed by atoms with Crippen LogP contribution in [-0.4, -0.2) is 40.1 Å². The highest BCUT2D eigenvalue weighted by Gasteiger charge is 2.21. The smallest absolute Gasteiger partial charge is 0.480 e. The number of thiazole rings is 1. The molecule has 2 heterocycles. The van der Waals surface area contributed by atoms with Crippen molar-refractivity contribution in [2.75, 3.05) is 17.8 Å². The van der Waals surface area contributed by atoms with Crippen molar-refractivity contribution >= 4 is 63.7 Å². The lowest BCUT2D eigenvalue weighted by atomic mass is 10.1. The van der Waals surface area contributed by atoms with Gasteiger partial charge in [0, 0.05) is 29.2 Å². The van der Waals surface area contributed by atoms with E-state index in [1.165, 1.54) is 30.4 Å². The molecule has 0 radical (unpaired) electrons. The Bertz CT molecular complexity index is 1610. The molecule has 0 fully saturated rings. The first kappa shape index (κ1) is 31.2. The Balaban J connectivity index is 1.40. The number of anilines is 1. The molecule has 11 nitrogen and oxygen atoms in total. The van der Waals surface area contributed by atoms with E-state index in [9.17, 15) is 23.9 Å². The van der Waals surface area contributed by atoms with Gasteiger partial charge in [0.2, 0.25) is 0 Å². The van der Waals surface area contributed by atoms with Gasteiger partial charge in [0.25, 0.3) is 0 Å². The summed E-state index contributed by atoms with van der Waals surface area (Å²) in [5.74, 6) is -2.17. The zero-order valence-electron chi connectivity index (χ0n) is 21.7. The van der Waals surface area contributed by atoms with E-state index in [1.54, 1.807) is 29.8 Å². The second kappa shape index (κ2) is 14.4. The van der Waals surface area contributed by atoms with Crippen molar-refractivity contribution in [3.8, 4) is 11.5 Å². The second-order valence-electron chi connectivity index (χ2n) is 8.52. The van der Waals surface area contributed by atoms with Crippen LogP contribution in [0.4, 0.5) is 14.3 Å². The van der Waals surface area contributed by atoms with Crippen molar-refractivity contribution in [1.82, 2.24) is 9.88 Å². The van der Waals surface area contributed by atoms with E-state index in [4.69, 9.17) is 41.5 Å². The lowest BCUT2D eigenvalue weighted by molar-refractivity contribution is -0.138. The largest absolute Gasteiger partial charge is 0.519 e. The highest BCUT2D eigenvalue weighted by atomic mass is 35.5. The Hall–Kier alpha value is -3.72. The molecule has 0 aliphatic heterocycles. The highest BCUT2D eigenvalue weighted by Crippen LogP contribution is 2.37. The second-order valence-corrected chi connectivity index (χ2v) is 11.1. The zero-order chi connectivity index (χ0) is 30.2. The van der Waals surface area contributed by atoms with Crippen LogP contribution in [-0.2, 0) is 22.6 Å². The van der Waals surface area contributed by atoms with E-state index in [2.05, 4.69) is 9.71 Å². The minimum absolute atomic E-state index is 0.00118. The molecular formula is C26H22Cl2FN3O8S2. The maximum absolute atomic E-state index is 14.8. The average molecular weight is 659 g/mol. The molecule has 1 amide bonds. The molecule has 0 bridgehead atoms. The molecule has 2 aromatic carbocycles. The molecule has 222 valence electrons. The van der Waals surface area contributed by atoms with Crippen molar-refractivity contribution in [1.29, 1.82) is 0 Å². The highest BCUT2D eigenvalue weighted by molar-refractivity contribution is 8.00. The summed E-state index contributed by atoms with van der Waals surface area (Å²) < 4.78 is 38.3. The van der Waals surface area contributed by atoms with Gasteiger partial charge in [-0.05, 0) is 61.5 Å². The van der Waals surface area contributed by atoms with Crippen molar-refractivity contribution in [2.24, 2.45) is 0 Å². The molecule has 4 rings (SSSR count). The number of hydrogen-bond acceptors (Lipinski definition) is 11. The molecule has 0 aliphatic rings. The first-order valence-corrected chi connectivity index (χ1v) is 14.5. The molecule has 2 aromatic heterocycles. The Labute approximate surface area is 256 Å². The van der Waals surface area contributed by atoms with E-state index in [0.29, 0.717) is 34.3 Å². The van der Waals surface area contributed by atoms with Gasteiger partial charge in [0.15, 0.2) is 23.3 Å². The molecular weight excluding hydrogens is 636 g/mol. The number of carboxylic acids is 1. The molecule has 4 aromatic rings. The van der Waals surface area contributed by atoms with Crippen molar-refractivity contribution < 1.29 is 37.4 Å². The SMILES string of the molecule is Cc1oc(=O)oc1COC(=O)N(CCCc1cc(Cl)ccc1Oc1cc(F)c(SNc2nccs2)cc1Cl)CC(=O)O. The summed E-state index contributed by atoms with van der Waals surface area (Å²) in [4.78, 5) is 40.4. The zero-order valence-corrected chi connectivity index (χ0v) is 24.9. The molecule has 0 aliphatic carbocycles. The summed E-state index contributed by atoms with van der Waals surface area (Å²) in [5, 5.41) is 12.2. The predicted octanol–water partition coefficient (Wildman–Crippen LogP) is 7.01. The number of halogens is 3. The third-order valence-electron chi connectivity index (χ3n) is 5.53. The number of nitrogens with one attached hydrogen (secondary N) is 1. The average Bonchev–Trinajstić information content (AvgIpc) is 3.57. The van der Waals surface area contributed by atoms with E-state index < -0.39 is 36.9 Å². The van der Waals surface area contributed by atoms with Crippen LogP contribution in [0.15, 0.2) is 60.4 Å². The number of nitrogens with zero attached hydrogens (tertiary/aromatic N) is 2. The number of rotatable bonds is 13. The maximum Gasteiger partial charge on any atom is 0.519 e. The number of hydrogen-bond donors (Lipinski definition) is 2. The minimum Gasteiger partial charge on any atom is -0.480 e. The normalized spacial score (nSPS) is 10.9. The lowest BCUT2D eigenvalue weighted by Crippen LogP contribution is -2.37. The van der Waals surface area contributed by atoms with Crippen LogP contribution in [0.2, 0.25) is 10.0 Å². The first-order valence-electron chi connectivity index (χ1n) is 12.1. The van der Waals surface area contributed by atoms with Crippen LogP contribution in [0.3, 0.4) is 0 Å². The fourth-order valence-electron chi connectivity index (χ4n) is 3.58. The Kier molecular flexibility index (Phi) is 10.7. The predicted molar refractivity (Wildman–Crippen MR) is 154 cm³/mol. The van der Waals surface area contributed by atoms with Crippen LogP contribution in [0.1, 0.15) is 23.5 Å². The molecule has 0 atom stereocenters. The summed E-state index contributed by atoms with van der Waals surface area (Å²) in [6, 6.07) is 7.44. The number of aliphatic carboxylic acids is 1. The Morgan fingerprint density at radius 3 is 2.71 bits per heavy atom. The monoisotopic (exact) mass is 657 g/mol. The number of benzene rings is 2. The fourth-order valence-corrected chi connectivity index (χ4v) is 5.32. The van der Waals surface area contributed by atoms with Gasteiger partial charge in [0.05, 0.1) is 9.92 Å². The van der Waals surface area contributed by atoms with Crippen molar-refractivity contribution in [3.63, 3.8) is 0 Å². The number of ether oxygens (including phenoxy) is 2. The van der Waals surface area contributed by atoms with E-state index in [0.717, 1.165) is 16.8 Å². The summed E-state index contributed by atoms with van der Waals surface area (Å²) in [6.45, 7) is 0.430. The van der Waals surface area contributed by atoms with Crippen LogP contribution >= 0.6 is 46.5 Å². The quantitative estimate of drug-likeness (QED) is 0.143. The number of amides is 1. The van der Waals surface area contributed by atoms with Gasteiger partial charge in [-0.25, -0.2) is 19.0 Å². The fraction of sp³-hybridized carbons (Fsp3) is 0.231. The van der Waals surface area contributed by atoms with Crippen LogP contribution in [0.5, 0.6) is 11.5 Å². The van der Waals surface area contributed by atoms with E-state index in [1.807, 2.05) is 0 Å². The Morgan fingerprint density at radius 2 is 2.02 bits per heavy atom. The summed E-state index contributed by atoms with van der Waals surface area (Å²) in [7, 11) is 0. The molecule has 0 spiro atoms. The molecule has 0 saturated carbocycles. The molecule has 0 unspecified atom stereocenters. The molecule has 0 saturated heterocycles. The number of carbonyl (C=O) groups excluding carboxylic acids is 1. The van der Waals surface area contributed by atoms with Crippen molar-refractivity contribution in [3.05, 3.63) is 85.5 Å². The van der Waals surface area contributed by atoms with Gasteiger partial charge in [-0.3, -0.25) is 9.69 Å². The number of aromatic nitrogens is 1. The maximum atomic E-state index is 14.8. The number of carbonyl (C=O) groups is 2. The van der Waals surface area contributed by atoms with Gasteiger partial charge in [-0.1, -0.05) is 23.2 Å². The summed E-state index contributed by atoms with van der Waals surface area (Å²) in [6.07, 6.45) is 1.30. The third kappa shape index (κ3) is 8.64. The topological polar surface area (TPSA) is 144 Å². The summed E-state index contributed by atoms with van der Waals surface area (Å²) in [5.41, 5.74) is 0.613.